The summed E-state index contributed by atoms with van der Waals surface area (Å²) in [5, 5.41) is 16.3. The second-order valence-electron chi connectivity index (χ2n) is 4.97. The van der Waals surface area contributed by atoms with Crippen LogP contribution in [0, 0.1) is 6.92 Å². The lowest BCUT2D eigenvalue weighted by Crippen LogP contribution is -2.42. The fourth-order valence-electron chi connectivity index (χ4n) is 1.69. The molecule has 0 spiro atoms. The van der Waals surface area contributed by atoms with Crippen LogP contribution in [-0.2, 0) is 4.79 Å². The Bertz CT molecular complexity index is 702. The van der Waals surface area contributed by atoms with Gasteiger partial charge in [0.25, 0.3) is 0 Å². The van der Waals surface area contributed by atoms with Gasteiger partial charge in [0, 0.05) is 12.2 Å². The van der Waals surface area contributed by atoms with E-state index in [0.717, 1.165) is 5.69 Å². The first-order valence-electron chi connectivity index (χ1n) is 7.40. The van der Waals surface area contributed by atoms with E-state index in [1.165, 1.54) is 28.7 Å². The summed E-state index contributed by atoms with van der Waals surface area (Å²) >= 11 is 2.61. The van der Waals surface area contributed by atoms with Crippen molar-refractivity contribution >= 4 is 45.9 Å². The molecule has 1 heterocycles. The number of carbonyl (C=O) groups excluding carboxylic acids is 2. The third-order valence-corrected chi connectivity index (χ3v) is 4.95. The van der Waals surface area contributed by atoms with Crippen molar-refractivity contribution in [2.24, 2.45) is 0 Å². The smallest absolute Gasteiger partial charge is 0.321 e. The molecule has 3 amide bonds. The number of nitrogens with zero attached hydrogens (tertiary/aromatic N) is 2. The van der Waals surface area contributed by atoms with E-state index in [1.807, 2.05) is 31.2 Å². The first kappa shape index (κ1) is 18.2. The third kappa shape index (κ3) is 5.50. The maximum atomic E-state index is 11.9. The van der Waals surface area contributed by atoms with Gasteiger partial charge < -0.3 is 10.6 Å². The molecule has 0 aliphatic rings. The number of thioether (sulfide) groups is 1. The topological polar surface area (TPSA) is 96.0 Å². The Hall–Kier alpha value is -2.13. The fourth-order valence-corrected chi connectivity index (χ4v) is 3.61. The zero-order valence-corrected chi connectivity index (χ0v) is 15.3. The Kier molecular flexibility index (Phi) is 6.56. The van der Waals surface area contributed by atoms with Crippen LogP contribution in [0.25, 0.3) is 0 Å². The number of aryl methyl sites for hydroxylation is 1. The maximum Gasteiger partial charge on any atom is 0.321 e. The van der Waals surface area contributed by atoms with E-state index in [9.17, 15) is 9.59 Å². The summed E-state index contributed by atoms with van der Waals surface area (Å²) in [6.07, 6.45) is 0. The first-order valence-corrected chi connectivity index (χ1v) is 9.10. The van der Waals surface area contributed by atoms with Crippen molar-refractivity contribution in [2.45, 2.75) is 30.4 Å². The van der Waals surface area contributed by atoms with Gasteiger partial charge in [-0.1, -0.05) is 40.8 Å². The average Bonchev–Trinajstić information content (AvgIpc) is 2.96. The number of imide groups is 1. The number of nitrogens with one attached hydrogen (secondary N) is 3. The molecule has 0 saturated carbocycles. The predicted molar refractivity (Wildman–Crippen MR) is 96.9 cm³/mol. The lowest BCUT2D eigenvalue weighted by molar-refractivity contribution is -0.119. The summed E-state index contributed by atoms with van der Waals surface area (Å²) in [6.45, 7) is 5.99. The molecule has 7 nitrogen and oxygen atoms in total. The van der Waals surface area contributed by atoms with Gasteiger partial charge in [-0.3, -0.25) is 10.1 Å². The van der Waals surface area contributed by atoms with E-state index in [0.29, 0.717) is 16.0 Å². The van der Waals surface area contributed by atoms with Crippen molar-refractivity contribution in [1.29, 1.82) is 0 Å². The minimum atomic E-state index is -0.492. The second kappa shape index (κ2) is 8.65. The highest BCUT2D eigenvalue weighted by molar-refractivity contribution is 8.02. The van der Waals surface area contributed by atoms with Crippen LogP contribution in [-0.4, -0.2) is 33.9 Å². The highest BCUT2D eigenvalue weighted by Gasteiger charge is 2.19. The molecule has 1 aromatic carbocycles. The number of urea groups is 1. The molecule has 128 valence electrons. The normalized spacial score (nSPS) is 11.6. The van der Waals surface area contributed by atoms with E-state index in [-0.39, 0.29) is 5.91 Å². The molecular weight excluding hydrogens is 346 g/mol. The summed E-state index contributed by atoms with van der Waals surface area (Å²) in [5.41, 5.74) is 2.11. The molecule has 0 fully saturated rings. The van der Waals surface area contributed by atoms with Crippen LogP contribution in [0.1, 0.15) is 19.4 Å². The van der Waals surface area contributed by atoms with Gasteiger partial charge in [0.05, 0.1) is 5.25 Å². The van der Waals surface area contributed by atoms with Crippen LogP contribution in [0.5, 0.6) is 0 Å². The zero-order valence-electron chi connectivity index (χ0n) is 13.6. The third-order valence-electron chi connectivity index (χ3n) is 2.93. The minimum absolute atomic E-state index is 0.366. The van der Waals surface area contributed by atoms with Gasteiger partial charge in [0.1, 0.15) is 0 Å². The Labute approximate surface area is 148 Å². The molecule has 0 aliphatic heterocycles. The van der Waals surface area contributed by atoms with Crippen LogP contribution in [0.3, 0.4) is 0 Å². The standard InChI is InChI=1S/C15H19N5O2S2/c1-4-16-13(22)18-12(21)10(3)23-15-20-19-14(24-15)17-11-7-5-9(2)6-8-11/h5-8,10H,4H2,1-3H3,(H,17,19)(H2,16,18,21,22)/t10-/m0/s1. The van der Waals surface area contributed by atoms with Gasteiger partial charge in [0.15, 0.2) is 4.34 Å². The van der Waals surface area contributed by atoms with Gasteiger partial charge in [0.2, 0.25) is 11.0 Å². The van der Waals surface area contributed by atoms with E-state index in [2.05, 4.69) is 26.1 Å². The highest BCUT2D eigenvalue weighted by Crippen LogP contribution is 2.30. The summed E-state index contributed by atoms with van der Waals surface area (Å²) in [4.78, 5) is 23.3. The molecule has 0 aliphatic carbocycles. The van der Waals surface area contributed by atoms with Crippen LogP contribution < -0.4 is 16.0 Å². The van der Waals surface area contributed by atoms with Crippen molar-refractivity contribution in [3.8, 4) is 0 Å². The Balaban J connectivity index is 1.89. The van der Waals surface area contributed by atoms with Crippen molar-refractivity contribution in [1.82, 2.24) is 20.8 Å². The molecule has 2 rings (SSSR count). The number of hydrogen-bond acceptors (Lipinski definition) is 7. The molecule has 0 bridgehead atoms. The summed E-state index contributed by atoms with van der Waals surface area (Å²) < 4.78 is 0.656. The number of rotatable bonds is 6. The molecule has 2 aromatic rings. The average molecular weight is 365 g/mol. The van der Waals surface area contributed by atoms with Crippen molar-refractivity contribution in [3.05, 3.63) is 29.8 Å². The number of benzene rings is 1. The molecule has 1 atom stereocenters. The maximum absolute atomic E-state index is 11.9. The lowest BCUT2D eigenvalue weighted by Gasteiger charge is -2.09. The van der Waals surface area contributed by atoms with E-state index in [1.54, 1.807) is 13.8 Å². The van der Waals surface area contributed by atoms with Crippen LogP contribution >= 0.6 is 23.1 Å². The number of anilines is 2. The number of aromatic nitrogens is 2. The summed E-state index contributed by atoms with van der Waals surface area (Å²) in [5.74, 6) is -0.366. The molecule has 0 unspecified atom stereocenters. The predicted octanol–water partition coefficient (Wildman–Crippen LogP) is 2.92. The van der Waals surface area contributed by atoms with Gasteiger partial charge >= 0.3 is 6.03 Å². The van der Waals surface area contributed by atoms with Crippen molar-refractivity contribution < 1.29 is 9.59 Å². The van der Waals surface area contributed by atoms with E-state index >= 15 is 0 Å². The number of hydrogen-bond donors (Lipinski definition) is 3. The zero-order chi connectivity index (χ0) is 17.5. The fraction of sp³-hybridized carbons (Fsp3) is 0.333. The first-order chi connectivity index (χ1) is 11.5. The van der Waals surface area contributed by atoms with E-state index < -0.39 is 11.3 Å². The molecule has 9 heteroatoms. The Morgan fingerprint density at radius 3 is 2.62 bits per heavy atom. The summed E-state index contributed by atoms with van der Waals surface area (Å²) in [6, 6.07) is 7.45. The second-order valence-corrected chi connectivity index (χ2v) is 7.54. The van der Waals surface area contributed by atoms with Crippen LogP contribution in [0.15, 0.2) is 28.6 Å². The largest absolute Gasteiger partial charge is 0.338 e. The molecule has 0 saturated heterocycles. The van der Waals surface area contributed by atoms with Gasteiger partial charge in [-0.15, -0.1) is 10.2 Å². The lowest BCUT2D eigenvalue weighted by atomic mass is 10.2. The molecule has 1 aromatic heterocycles. The molecular formula is C15H19N5O2S2. The Morgan fingerprint density at radius 1 is 1.25 bits per heavy atom. The van der Waals surface area contributed by atoms with Gasteiger partial charge in [-0.2, -0.15) is 0 Å². The van der Waals surface area contributed by atoms with Gasteiger partial charge in [-0.25, -0.2) is 4.79 Å². The Morgan fingerprint density at radius 2 is 1.96 bits per heavy atom. The molecule has 0 radical (unpaired) electrons. The van der Waals surface area contributed by atoms with Crippen molar-refractivity contribution in [3.63, 3.8) is 0 Å². The molecule has 3 N–H and O–H groups in total. The number of amides is 3. The quantitative estimate of drug-likeness (QED) is 0.681. The van der Waals surface area contributed by atoms with Crippen molar-refractivity contribution in [2.75, 3.05) is 11.9 Å². The molecule has 24 heavy (non-hydrogen) atoms. The van der Waals surface area contributed by atoms with Crippen LogP contribution in [0.2, 0.25) is 0 Å². The highest BCUT2D eigenvalue weighted by atomic mass is 32.2. The monoisotopic (exact) mass is 365 g/mol. The van der Waals surface area contributed by atoms with Crippen LogP contribution in [0.4, 0.5) is 15.6 Å². The minimum Gasteiger partial charge on any atom is -0.338 e. The van der Waals surface area contributed by atoms with E-state index in [4.69, 9.17) is 0 Å². The van der Waals surface area contributed by atoms with Gasteiger partial charge in [-0.05, 0) is 32.9 Å². The summed E-state index contributed by atoms with van der Waals surface area (Å²) in [7, 11) is 0. The SMILES string of the molecule is CCNC(=O)NC(=O)[C@H](C)Sc1nnc(Nc2ccc(C)cc2)s1. The number of carbonyl (C=O) groups is 2.